The molecule has 0 amide bonds. The number of allylic oxidation sites excluding steroid dienone is 2. The van der Waals surface area contributed by atoms with Crippen molar-refractivity contribution in [3.05, 3.63) is 174 Å². The number of thiophene rings is 2. The molecule has 4 nitrogen and oxygen atoms in total. The van der Waals surface area contributed by atoms with Crippen LogP contribution in [0.4, 0.5) is 11.4 Å². The molecule has 0 saturated carbocycles. The molecule has 0 fully saturated rings. The lowest BCUT2D eigenvalue weighted by atomic mass is 9.86. The number of hydrogen-bond acceptors (Lipinski definition) is 6. The van der Waals surface area contributed by atoms with E-state index in [9.17, 15) is 0 Å². The van der Waals surface area contributed by atoms with Gasteiger partial charge in [0.05, 0.1) is 18.1 Å². The first-order valence-electron chi connectivity index (χ1n) is 19.8. The Balaban J connectivity index is 1.02. The van der Waals surface area contributed by atoms with Gasteiger partial charge in [0.15, 0.2) is 5.06 Å². The van der Waals surface area contributed by atoms with Gasteiger partial charge in [-0.15, -0.1) is 11.3 Å². The van der Waals surface area contributed by atoms with Crippen LogP contribution < -0.4 is 14.5 Å². The molecule has 10 rings (SSSR count). The lowest BCUT2D eigenvalue weighted by Gasteiger charge is -2.28. The Hall–Kier alpha value is -6.21. The van der Waals surface area contributed by atoms with E-state index in [1.165, 1.54) is 70.5 Å². The second-order valence-corrected chi connectivity index (χ2v) is 18.1. The van der Waals surface area contributed by atoms with E-state index in [1.54, 1.807) is 22.7 Å². The largest absolute Gasteiger partial charge is 0.447 e. The Kier molecular flexibility index (Phi) is 8.92. The maximum atomic E-state index is 6.79. The molecule has 4 heterocycles. The normalized spacial score (nSPS) is 13.4. The van der Waals surface area contributed by atoms with Gasteiger partial charge in [-0.25, -0.2) is 0 Å². The van der Waals surface area contributed by atoms with Crippen molar-refractivity contribution in [3.8, 4) is 44.3 Å². The van der Waals surface area contributed by atoms with E-state index in [2.05, 4.69) is 195 Å². The van der Waals surface area contributed by atoms with E-state index in [4.69, 9.17) is 9.72 Å². The van der Waals surface area contributed by atoms with Crippen molar-refractivity contribution in [2.24, 2.45) is 0 Å². The quantitative estimate of drug-likeness (QED) is 0.161. The lowest BCUT2D eigenvalue weighted by Crippen LogP contribution is -2.27. The lowest BCUT2D eigenvalue weighted by molar-refractivity contribution is 0.497. The highest BCUT2D eigenvalue weighted by Gasteiger charge is 2.30. The SMILES string of the molecule is CC1=C(C)N(c2c(-c3ccccc3)cccc2-c2ccccc2)CN1c1cccc(Oc2cc3c(-c4cc(C(C)(C)C)ccn4)c4cc5sccc5cc4cc3s2)c1. The molecule has 0 atom stereocenters. The van der Waals surface area contributed by atoms with Gasteiger partial charge in [0, 0.05) is 66.9 Å². The zero-order valence-corrected chi connectivity index (χ0v) is 34.9. The number of fused-ring (bicyclic) bond motifs is 3. The molecule has 0 bridgehead atoms. The third-order valence-corrected chi connectivity index (χ3v) is 13.3. The Morgan fingerprint density at radius 1 is 0.621 bits per heavy atom. The maximum absolute atomic E-state index is 6.79. The van der Waals surface area contributed by atoms with Gasteiger partial charge < -0.3 is 14.5 Å². The number of pyridine rings is 1. The number of para-hydroxylation sites is 1. The third-order valence-electron chi connectivity index (χ3n) is 11.5. The zero-order chi connectivity index (χ0) is 39.5. The fraction of sp³-hybridized carbons (Fsp3) is 0.135. The minimum Gasteiger partial charge on any atom is -0.447 e. The molecule has 0 aliphatic carbocycles. The summed E-state index contributed by atoms with van der Waals surface area (Å²) in [5, 5.41) is 7.89. The van der Waals surface area contributed by atoms with Crippen molar-refractivity contribution in [3.63, 3.8) is 0 Å². The fourth-order valence-electron chi connectivity index (χ4n) is 8.32. The second-order valence-electron chi connectivity index (χ2n) is 16.1. The van der Waals surface area contributed by atoms with Crippen molar-refractivity contribution in [2.75, 3.05) is 16.5 Å². The van der Waals surface area contributed by atoms with Gasteiger partial charge in [-0.2, -0.15) is 0 Å². The fourth-order valence-corrected chi connectivity index (χ4v) is 10.1. The second kappa shape index (κ2) is 14.3. The van der Waals surface area contributed by atoms with Gasteiger partial charge >= 0.3 is 0 Å². The molecule has 6 aromatic carbocycles. The maximum Gasteiger partial charge on any atom is 0.182 e. The molecule has 0 N–H and O–H groups in total. The highest BCUT2D eigenvalue weighted by molar-refractivity contribution is 7.21. The predicted molar refractivity (Wildman–Crippen MR) is 249 cm³/mol. The van der Waals surface area contributed by atoms with Crippen molar-refractivity contribution in [2.45, 2.75) is 40.0 Å². The highest BCUT2D eigenvalue weighted by atomic mass is 32.1. The van der Waals surface area contributed by atoms with E-state index in [-0.39, 0.29) is 5.41 Å². The van der Waals surface area contributed by atoms with Gasteiger partial charge in [-0.1, -0.05) is 117 Å². The first-order valence-corrected chi connectivity index (χ1v) is 21.5. The molecule has 284 valence electrons. The molecule has 0 radical (unpaired) electrons. The summed E-state index contributed by atoms with van der Waals surface area (Å²) in [6.07, 6.45) is 1.96. The van der Waals surface area contributed by atoms with Crippen molar-refractivity contribution in [1.29, 1.82) is 0 Å². The first-order chi connectivity index (χ1) is 28.2. The van der Waals surface area contributed by atoms with E-state index in [0.717, 1.165) is 33.1 Å². The van der Waals surface area contributed by atoms with Crippen LogP contribution in [0, 0.1) is 0 Å². The molecular weight excluding hydrogens is 747 g/mol. The summed E-state index contributed by atoms with van der Waals surface area (Å²) in [5.41, 5.74) is 13.0. The van der Waals surface area contributed by atoms with Crippen LogP contribution in [0.5, 0.6) is 10.8 Å². The molecule has 9 aromatic rings. The standard InChI is InChI=1S/C52H43N3OS2/c1-33-34(2)55(51-42(35-14-8-6-9-15-35)20-13-21-43(51)36-16-10-7-11-17-36)32-54(33)40-18-12-19-41(29-40)56-49-31-45-48(58-49)27-38-26-37-23-25-57-47(37)30-44(38)50(45)46-28-39(22-24-53-46)52(3,4)5/h6-31H,32H2,1-5H3. The summed E-state index contributed by atoms with van der Waals surface area (Å²) in [6, 6.07) is 52.5. The predicted octanol–water partition coefficient (Wildman–Crippen LogP) is 15.3. The molecule has 0 spiro atoms. The summed E-state index contributed by atoms with van der Waals surface area (Å²) in [4.78, 5) is 9.85. The van der Waals surface area contributed by atoms with E-state index < -0.39 is 0 Å². The van der Waals surface area contributed by atoms with Crippen LogP contribution in [0.3, 0.4) is 0 Å². The van der Waals surface area contributed by atoms with Crippen LogP contribution >= 0.6 is 22.7 Å². The summed E-state index contributed by atoms with van der Waals surface area (Å²) in [7, 11) is 0. The number of ether oxygens (including phenoxy) is 1. The molecule has 3 aromatic heterocycles. The smallest absolute Gasteiger partial charge is 0.182 e. The van der Waals surface area contributed by atoms with E-state index >= 15 is 0 Å². The van der Waals surface area contributed by atoms with Gasteiger partial charge in [-0.3, -0.25) is 4.98 Å². The number of nitrogens with zero attached hydrogens (tertiary/aromatic N) is 3. The van der Waals surface area contributed by atoms with Crippen molar-refractivity contribution >= 4 is 65.0 Å². The summed E-state index contributed by atoms with van der Waals surface area (Å²) >= 11 is 3.47. The van der Waals surface area contributed by atoms with Gasteiger partial charge in [0.1, 0.15) is 5.75 Å². The van der Waals surface area contributed by atoms with Crippen LogP contribution in [0.2, 0.25) is 0 Å². The molecule has 58 heavy (non-hydrogen) atoms. The first kappa shape index (κ1) is 36.2. The molecule has 0 saturated heterocycles. The topological polar surface area (TPSA) is 28.6 Å². The zero-order valence-electron chi connectivity index (χ0n) is 33.3. The van der Waals surface area contributed by atoms with Crippen molar-refractivity contribution < 1.29 is 4.74 Å². The minimum atomic E-state index is 0.00423. The Morgan fingerprint density at radius 2 is 1.33 bits per heavy atom. The van der Waals surface area contributed by atoms with E-state index in [1.807, 2.05) is 6.20 Å². The van der Waals surface area contributed by atoms with Crippen LogP contribution in [0.1, 0.15) is 40.2 Å². The molecule has 0 unspecified atom stereocenters. The van der Waals surface area contributed by atoms with Gasteiger partial charge in [-0.05, 0) is 106 Å². The number of rotatable bonds is 7. The molecule has 1 aliphatic rings. The van der Waals surface area contributed by atoms with Crippen LogP contribution in [0.15, 0.2) is 169 Å². The summed E-state index contributed by atoms with van der Waals surface area (Å²) < 4.78 is 9.26. The minimum absolute atomic E-state index is 0.00423. The highest BCUT2D eigenvalue weighted by Crippen LogP contribution is 2.47. The van der Waals surface area contributed by atoms with E-state index in [0.29, 0.717) is 6.67 Å². The Morgan fingerprint density at radius 3 is 2.05 bits per heavy atom. The summed E-state index contributed by atoms with van der Waals surface area (Å²) in [6.45, 7) is 11.9. The number of hydrogen-bond donors (Lipinski definition) is 0. The average molecular weight is 790 g/mol. The number of anilines is 2. The molecular formula is C52H43N3OS2. The van der Waals surface area contributed by atoms with Gasteiger partial charge in [0.25, 0.3) is 0 Å². The van der Waals surface area contributed by atoms with Crippen LogP contribution in [-0.2, 0) is 5.41 Å². The Labute approximate surface area is 347 Å². The van der Waals surface area contributed by atoms with Gasteiger partial charge in [0.2, 0.25) is 0 Å². The number of benzene rings is 6. The number of aromatic nitrogens is 1. The molecule has 6 heteroatoms. The summed E-state index contributed by atoms with van der Waals surface area (Å²) in [5.74, 6) is 0.807. The van der Waals surface area contributed by atoms with Crippen LogP contribution in [-0.4, -0.2) is 11.7 Å². The Bertz CT molecular complexity index is 2970. The molecule has 1 aliphatic heterocycles. The monoisotopic (exact) mass is 789 g/mol. The third kappa shape index (κ3) is 6.43. The van der Waals surface area contributed by atoms with Crippen molar-refractivity contribution in [1.82, 2.24) is 4.98 Å². The van der Waals surface area contributed by atoms with Crippen LogP contribution in [0.25, 0.3) is 64.5 Å². The average Bonchev–Trinajstić information content (AvgIpc) is 3.95.